The summed E-state index contributed by atoms with van der Waals surface area (Å²) in [6.45, 7) is -0.0204. The number of hydrogen-bond donors (Lipinski definition) is 1. The molecule has 0 unspecified atom stereocenters. The summed E-state index contributed by atoms with van der Waals surface area (Å²) >= 11 is 0. The Morgan fingerprint density at radius 2 is 1.77 bits per heavy atom. The Morgan fingerprint density at radius 1 is 1.13 bits per heavy atom. The summed E-state index contributed by atoms with van der Waals surface area (Å²) in [5.41, 5.74) is 0.754. The van der Waals surface area contributed by atoms with Gasteiger partial charge in [-0.2, -0.15) is 0 Å². The van der Waals surface area contributed by atoms with E-state index < -0.39 is 12.5 Å². The monoisotopic (exact) mass is 442 g/mol. The molecule has 0 aliphatic carbocycles. The van der Waals surface area contributed by atoms with Crippen molar-refractivity contribution < 1.29 is 32.8 Å². The number of nitro benzene ring substituents is 1. The fourth-order valence-electron chi connectivity index (χ4n) is 2.66. The molecular formula is C17H23N4O8P. The molecule has 0 radical (unpaired) electrons. The number of non-ortho nitro benzene ring substituents is 1. The number of rotatable bonds is 11. The van der Waals surface area contributed by atoms with Crippen LogP contribution in [-0.4, -0.2) is 55.4 Å². The van der Waals surface area contributed by atoms with Crippen molar-refractivity contribution >= 4 is 30.2 Å². The molecule has 12 nitrogen and oxygen atoms in total. The highest BCUT2D eigenvalue weighted by Gasteiger charge is 2.21. The normalized spacial score (nSPS) is 11.3. The zero-order valence-corrected chi connectivity index (χ0v) is 17.9. The topological polar surface area (TPSA) is 152 Å². The first-order valence-corrected chi connectivity index (χ1v) is 10.5. The van der Waals surface area contributed by atoms with Gasteiger partial charge in [0.25, 0.3) is 17.4 Å². The lowest BCUT2D eigenvalue weighted by Gasteiger charge is -2.13. The molecule has 0 spiro atoms. The van der Waals surface area contributed by atoms with Crippen LogP contribution in [0.25, 0.3) is 11.0 Å². The lowest BCUT2D eigenvalue weighted by atomic mass is 10.1. The average Bonchev–Trinajstić information content (AvgIpc) is 2.75. The summed E-state index contributed by atoms with van der Waals surface area (Å²) in [6.07, 6.45) is 0.452. The van der Waals surface area contributed by atoms with Crippen LogP contribution >= 0.6 is 7.60 Å². The highest BCUT2D eigenvalue weighted by Crippen LogP contribution is 2.46. The Bertz CT molecular complexity index is 976. The number of amides is 1. The van der Waals surface area contributed by atoms with Gasteiger partial charge in [0, 0.05) is 44.9 Å². The van der Waals surface area contributed by atoms with Gasteiger partial charge in [0.1, 0.15) is 5.52 Å². The minimum Gasteiger partial charge on any atom is -0.477 e. The Labute approximate surface area is 172 Å². The summed E-state index contributed by atoms with van der Waals surface area (Å²) < 4.78 is 31.9. The third-order valence-corrected chi connectivity index (χ3v) is 6.21. The smallest absolute Gasteiger partial charge is 0.330 e. The number of nitro groups is 1. The number of fused-ring (bicyclic) bond motifs is 1. The fraction of sp³-hybridized carbons (Fsp3) is 0.471. The lowest BCUT2D eigenvalue weighted by Crippen LogP contribution is -2.23. The van der Waals surface area contributed by atoms with Crippen LogP contribution in [0.3, 0.4) is 0 Å². The van der Waals surface area contributed by atoms with E-state index in [0.717, 1.165) is 0 Å². The van der Waals surface area contributed by atoms with Crippen LogP contribution in [0.5, 0.6) is 11.8 Å². The molecule has 0 fully saturated rings. The van der Waals surface area contributed by atoms with Crippen molar-refractivity contribution in [3.05, 3.63) is 27.8 Å². The third kappa shape index (κ3) is 5.62. The van der Waals surface area contributed by atoms with Crippen LogP contribution in [0.4, 0.5) is 5.69 Å². The predicted molar refractivity (Wildman–Crippen MR) is 107 cm³/mol. The van der Waals surface area contributed by atoms with E-state index in [2.05, 4.69) is 15.3 Å². The Morgan fingerprint density at radius 3 is 2.33 bits per heavy atom. The van der Waals surface area contributed by atoms with E-state index in [1.807, 2.05) is 0 Å². The number of ether oxygens (including phenoxy) is 2. The van der Waals surface area contributed by atoms with Crippen molar-refractivity contribution in [3.63, 3.8) is 0 Å². The van der Waals surface area contributed by atoms with Crippen LogP contribution in [0.15, 0.2) is 12.1 Å². The summed E-state index contributed by atoms with van der Waals surface area (Å²) in [4.78, 5) is 31.4. The molecule has 0 aliphatic rings. The summed E-state index contributed by atoms with van der Waals surface area (Å²) in [7, 11) is 2.15. The maximum Gasteiger partial charge on any atom is 0.330 e. The molecule has 0 aliphatic heterocycles. The second-order valence-electron chi connectivity index (χ2n) is 6.05. The summed E-state index contributed by atoms with van der Waals surface area (Å²) in [5, 5.41) is 13.9. The van der Waals surface area contributed by atoms with E-state index >= 15 is 0 Å². The standard InChI is InChI=1S/C17H23N4O8P/c1-26-16-17(27-2)20-15-11(8-12(21(23)24)9-13(15)19-16)10-18-14(22)6-5-7-30(25,28-3)29-4/h8-9H,5-7,10H2,1-4H3,(H,18,22). The van der Waals surface area contributed by atoms with E-state index in [9.17, 15) is 19.5 Å². The van der Waals surface area contributed by atoms with Crippen LogP contribution in [0.2, 0.25) is 0 Å². The number of aromatic nitrogens is 2. The van der Waals surface area contributed by atoms with Crippen molar-refractivity contribution in [1.29, 1.82) is 0 Å². The molecule has 13 heteroatoms. The van der Waals surface area contributed by atoms with Gasteiger partial charge in [-0.05, 0) is 6.42 Å². The number of carbonyl (C=O) groups is 1. The summed E-state index contributed by atoms with van der Waals surface area (Å²) in [5.74, 6) is -0.135. The number of carbonyl (C=O) groups excluding carboxylic acids is 1. The van der Waals surface area contributed by atoms with Crippen molar-refractivity contribution in [2.24, 2.45) is 0 Å². The maximum absolute atomic E-state index is 12.2. The van der Waals surface area contributed by atoms with Crippen LogP contribution in [-0.2, 0) is 25.0 Å². The molecule has 0 atom stereocenters. The van der Waals surface area contributed by atoms with E-state index in [4.69, 9.17) is 18.5 Å². The van der Waals surface area contributed by atoms with Gasteiger partial charge in [0.05, 0.1) is 30.8 Å². The number of benzene rings is 1. The molecule has 0 saturated heterocycles. The van der Waals surface area contributed by atoms with Gasteiger partial charge in [-0.1, -0.05) is 0 Å². The van der Waals surface area contributed by atoms with Crippen LogP contribution in [0, 0.1) is 10.1 Å². The van der Waals surface area contributed by atoms with E-state index in [0.29, 0.717) is 11.1 Å². The molecule has 0 saturated carbocycles. The van der Waals surface area contributed by atoms with Crippen LogP contribution in [0.1, 0.15) is 18.4 Å². The molecular weight excluding hydrogens is 419 g/mol. The third-order valence-electron chi connectivity index (χ3n) is 4.24. The second kappa shape index (κ2) is 10.3. The lowest BCUT2D eigenvalue weighted by molar-refractivity contribution is -0.384. The SMILES string of the molecule is COc1nc2cc([N+](=O)[O-])cc(CNC(=O)CCCP(=O)(OC)OC)c2nc1OC. The highest BCUT2D eigenvalue weighted by atomic mass is 31.2. The van der Waals surface area contributed by atoms with Gasteiger partial charge in [-0.15, -0.1) is 0 Å². The molecule has 1 heterocycles. The van der Waals surface area contributed by atoms with Crippen molar-refractivity contribution in [3.8, 4) is 11.8 Å². The predicted octanol–water partition coefficient (Wildman–Crippen LogP) is 2.44. The van der Waals surface area contributed by atoms with Crippen molar-refractivity contribution in [2.75, 3.05) is 34.6 Å². The maximum atomic E-state index is 12.2. The zero-order chi connectivity index (χ0) is 22.3. The Hall–Kier alpha value is -2.82. The highest BCUT2D eigenvalue weighted by molar-refractivity contribution is 7.53. The molecule has 1 aromatic heterocycles. The fourth-order valence-corrected chi connectivity index (χ4v) is 3.72. The molecule has 0 bridgehead atoms. The number of hydrogen-bond acceptors (Lipinski definition) is 10. The van der Waals surface area contributed by atoms with Gasteiger partial charge >= 0.3 is 7.60 Å². The molecule has 1 amide bonds. The molecule has 30 heavy (non-hydrogen) atoms. The minimum absolute atomic E-state index is 0.0204. The summed E-state index contributed by atoms with van der Waals surface area (Å²) in [6, 6.07) is 2.58. The molecule has 1 aromatic carbocycles. The van der Waals surface area contributed by atoms with Crippen LogP contribution < -0.4 is 14.8 Å². The first-order valence-electron chi connectivity index (χ1n) is 8.81. The molecule has 164 valence electrons. The Balaban J connectivity index is 2.20. The number of methoxy groups -OCH3 is 2. The first-order chi connectivity index (χ1) is 14.3. The van der Waals surface area contributed by atoms with E-state index in [-0.39, 0.29) is 54.4 Å². The van der Waals surface area contributed by atoms with Gasteiger partial charge in [-0.25, -0.2) is 9.97 Å². The molecule has 1 N–H and O–H groups in total. The second-order valence-corrected chi connectivity index (χ2v) is 8.45. The van der Waals surface area contributed by atoms with Gasteiger partial charge in [0.15, 0.2) is 0 Å². The molecule has 2 aromatic rings. The van der Waals surface area contributed by atoms with Gasteiger partial charge in [0.2, 0.25) is 5.91 Å². The van der Waals surface area contributed by atoms with E-state index in [1.54, 1.807) is 0 Å². The Kier molecular flexibility index (Phi) is 8.04. The molecule has 2 rings (SSSR count). The first kappa shape index (κ1) is 23.5. The zero-order valence-electron chi connectivity index (χ0n) is 17.0. The largest absolute Gasteiger partial charge is 0.477 e. The quantitative estimate of drug-likeness (QED) is 0.312. The van der Waals surface area contributed by atoms with Crippen molar-refractivity contribution in [2.45, 2.75) is 19.4 Å². The van der Waals surface area contributed by atoms with Gasteiger partial charge < -0.3 is 23.8 Å². The minimum atomic E-state index is -3.18. The van der Waals surface area contributed by atoms with Crippen molar-refractivity contribution in [1.82, 2.24) is 15.3 Å². The van der Waals surface area contributed by atoms with E-state index in [1.165, 1.54) is 40.6 Å². The number of nitrogens with zero attached hydrogens (tertiary/aromatic N) is 3. The number of nitrogens with one attached hydrogen (secondary N) is 1. The average molecular weight is 442 g/mol. The van der Waals surface area contributed by atoms with Gasteiger partial charge in [-0.3, -0.25) is 19.5 Å².